The van der Waals surface area contributed by atoms with E-state index in [2.05, 4.69) is 45.6 Å². The monoisotopic (exact) mass is 455 g/mol. The van der Waals surface area contributed by atoms with E-state index < -0.39 is 5.41 Å². The van der Waals surface area contributed by atoms with E-state index in [0.29, 0.717) is 18.8 Å². The lowest BCUT2D eigenvalue weighted by Gasteiger charge is -2.50. The van der Waals surface area contributed by atoms with Crippen LogP contribution in [0, 0.1) is 28.1 Å². The molecule has 8 heteroatoms. The third kappa shape index (κ3) is 3.50. The molecule has 1 spiro atoms. The van der Waals surface area contributed by atoms with Crippen LogP contribution in [0.1, 0.15) is 56.3 Å². The highest BCUT2D eigenvalue weighted by molar-refractivity contribution is 5.95. The van der Waals surface area contributed by atoms with Crippen LogP contribution in [0.4, 0.5) is 10.5 Å². The van der Waals surface area contributed by atoms with E-state index in [9.17, 15) is 10.1 Å². The van der Waals surface area contributed by atoms with Gasteiger partial charge in [0.25, 0.3) is 0 Å². The Morgan fingerprint density at radius 2 is 1.71 bits per heavy atom. The van der Waals surface area contributed by atoms with Crippen molar-refractivity contribution in [3.8, 4) is 12.1 Å². The van der Waals surface area contributed by atoms with E-state index in [0.717, 1.165) is 44.9 Å². The molecule has 2 aliphatic carbocycles. The summed E-state index contributed by atoms with van der Waals surface area (Å²) in [6, 6.07) is 14.9. The summed E-state index contributed by atoms with van der Waals surface area (Å²) >= 11 is 0. The van der Waals surface area contributed by atoms with Gasteiger partial charge in [-0.1, -0.05) is 36.8 Å². The number of nitriles is 2. The van der Waals surface area contributed by atoms with Gasteiger partial charge in [0, 0.05) is 12.1 Å². The van der Waals surface area contributed by atoms with Crippen molar-refractivity contribution in [3.05, 3.63) is 54.1 Å². The van der Waals surface area contributed by atoms with Crippen LogP contribution in [0.15, 0.2) is 42.7 Å². The molecule has 174 valence electrons. The Labute approximate surface area is 200 Å². The quantitative estimate of drug-likeness (QED) is 0.736. The molecule has 2 heterocycles. The number of carbonyl (C=O) groups is 1. The van der Waals surface area contributed by atoms with Gasteiger partial charge in [0.15, 0.2) is 0 Å². The largest absolute Gasteiger partial charge is 0.325 e. The van der Waals surface area contributed by atoms with Crippen molar-refractivity contribution >= 4 is 11.7 Å². The van der Waals surface area contributed by atoms with E-state index >= 15 is 0 Å². The first-order valence-electron chi connectivity index (χ1n) is 12.0. The first-order chi connectivity index (χ1) is 16.5. The fourth-order valence-corrected chi connectivity index (χ4v) is 5.97. The van der Waals surface area contributed by atoms with Crippen molar-refractivity contribution < 1.29 is 4.79 Å². The maximum atomic E-state index is 13.8. The number of hydrogen-bond acceptors (Lipinski definition) is 6. The van der Waals surface area contributed by atoms with Gasteiger partial charge in [0.2, 0.25) is 5.82 Å². The normalized spacial score (nSPS) is 27.8. The SMILES string of the molecule is CN[C@]1(c2ccccc2)CC[C@@]2(CC1)CN(c1cnc(C#N)nc1)C(=O)N2CC1(C#N)CCC1. The summed E-state index contributed by atoms with van der Waals surface area (Å²) in [5.74, 6) is 0.0826. The molecule has 0 atom stereocenters. The molecule has 1 aliphatic heterocycles. The molecule has 0 unspecified atom stereocenters. The van der Waals surface area contributed by atoms with Gasteiger partial charge in [-0.2, -0.15) is 10.5 Å². The van der Waals surface area contributed by atoms with Gasteiger partial charge in [0.05, 0.1) is 41.6 Å². The maximum Gasteiger partial charge on any atom is 0.325 e. The van der Waals surface area contributed by atoms with Crippen molar-refractivity contribution in [3.63, 3.8) is 0 Å². The molecule has 34 heavy (non-hydrogen) atoms. The molecule has 8 nitrogen and oxygen atoms in total. The van der Waals surface area contributed by atoms with Crippen molar-refractivity contribution in [2.75, 3.05) is 25.0 Å². The van der Waals surface area contributed by atoms with Crippen LogP contribution >= 0.6 is 0 Å². The molecule has 2 amide bonds. The van der Waals surface area contributed by atoms with Crippen LogP contribution < -0.4 is 10.2 Å². The number of rotatable bonds is 5. The predicted molar refractivity (Wildman–Crippen MR) is 126 cm³/mol. The number of carbonyl (C=O) groups excluding carboxylic acids is 1. The van der Waals surface area contributed by atoms with E-state index in [1.54, 1.807) is 17.3 Å². The van der Waals surface area contributed by atoms with Gasteiger partial charge in [-0.15, -0.1) is 0 Å². The number of nitrogens with one attached hydrogen (secondary N) is 1. The summed E-state index contributed by atoms with van der Waals surface area (Å²) in [5, 5.41) is 22.5. The third-order valence-corrected chi connectivity index (χ3v) is 8.38. The zero-order chi connectivity index (χ0) is 23.8. The maximum absolute atomic E-state index is 13.8. The number of anilines is 1. The van der Waals surface area contributed by atoms with Gasteiger partial charge in [-0.25, -0.2) is 14.8 Å². The van der Waals surface area contributed by atoms with Crippen LogP contribution in [0.25, 0.3) is 0 Å². The second-order valence-electron chi connectivity index (χ2n) is 10.00. The Hall–Kier alpha value is -3.49. The first kappa shape index (κ1) is 22.3. The van der Waals surface area contributed by atoms with Crippen LogP contribution in [-0.2, 0) is 5.54 Å². The number of urea groups is 1. The molecule has 3 fully saturated rings. The smallest absolute Gasteiger partial charge is 0.315 e. The average molecular weight is 456 g/mol. The van der Waals surface area contributed by atoms with Crippen molar-refractivity contribution in [2.45, 2.75) is 56.0 Å². The third-order valence-electron chi connectivity index (χ3n) is 8.38. The molecule has 3 aliphatic rings. The second-order valence-corrected chi connectivity index (χ2v) is 10.00. The van der Waals surface area contributed by atoms with Crippen molar-refractivity contribution in [1.29, 1.82) is 10.5 Å². The van der Waals surface area contributed by atoms with E-state index in [-0.39, 0.29) is 22.9 Å². The minimum absolute atomic E-state index is 0.0826. The molecular formula is C26H29N7O. The summed E-state index contributed by atoms with van der Waals surface area (Å²) in [4.78, 5) is 25.7. The van der Waals surface area contributed by atoms with Crippen LogP contribution in [0.3, 0.4) is 0 Å². The Kier molecular flexibility index (Phi) is 5.50. The highest BCUT2D eigenvalue weighted by Crippen LogP contribution is 2.50. The molecule has 5 rings (SSSR count). The van der Waals surface area contributed by atoms with Gasteiger partial charge in [-0.3, -0.25) is 4.90 Å². The lowest BCUT2D eigenvalue weighted by Crippen LogP contribution is -2.57. The fourth-order valence-electron chi connectivity index (χ4n) is 5.97. The topological polar surface area (TPSA) is 109 Å². The van der Waals surface area contributed by atoms with Gasteiger partial charge < -0.3 is 10.2 Å². The Bertz CT molecular complexity index is 1140. The number of amides is 2. The molecule has 1 aromatic carbocycles. The van der Waals surface area contributed by atoms with Crippen LogP contribution in [0.2, 0.25) is 0 Å². The summed E-state index contributed by atoms with van der Waals surface area (Å²) in [6.45, 7) is 1.01. The number of aromatic nitrogens is 2. The van der Waals surface area contributed by atoms with Crippen molar-refractivity contribution in [1.82, 2.24) is 20.2 Å². The Balaban J connectivity index is 1.46. The lowest BCUT2D eigenvalue weighted by molar-refractivity contribution is 0.0411. The lowest BCUT2D eigenvalue weighted by atomic mass is 9.66. The van der Waals surface area contributed by atoms with Crippen molar-refractivity contribution in [2.24, 2.45) is 5.41 Å². The van der Waals surface area contributed by atoms with Crippen LogP contribution in [0.5, 0.6) is 0 Å². The molecule has 1 N–H and O–H groups in total. The summed E-state index contributed by atoms with van der Waals surface area (Å²) in [5.41, 5.74) is 0.943. The number of hydrogen-bond donors (Lipinski definition) is 1. The van der Waals surface area contributed by atoms with Crippen LogP contribution in [-0.4, -0.2) is 46.6 Å². The molecule has 0 radical (unpaired) electrons. The standard InChI is InChI=1S/C26H29N7O/c1-29-26(20-6-3-2-4-7-20)12-10-25(11-13-26)19-32(21-15-30-22(14-27)31-16-21)23(34)33(25)18-24(17-28)8-5-9-24/h2-4,6-7,15-16,29H,5,8-13,18-19H2,1H3/t25-,26-. The summed E-state index contributed by atoms with van der Waals surface area (Å²) < 4.78 is 0. The molecule has 1 saturated heterocycles. The zero-order valence-corrected chi connectivity index (χ0v) is 19.5. The first-order valence-corrected chi connectivity index (χ1v) is 12.0. The van der Waals surface area contributed by atoms with E-state index in [4.69, 9.17) is 5.26 Å². The zero-order valence-electron chi connectivity index (χ0n) is 19.5. The Morgan fingerprint density at radius 1 is 1.03 bits per heavy atom. The minimum Gasteiger partial charge on any atom is -0.315 e. The highest BCUT2D eigenvalue weighted by Gasteiger charge is 2.56. The average Bonchev–Trinajstić information content (AvgIpc) is 3.13. The molecule has 0 bridgehead atoms. The highest BCUT2D eigenvalue weighted by atomic mass is 16.2. The minimum atomic E-state index is -0.448. The van der Waals surface area contributed by atoms with Gasteiger partial charge in [-0.05, 0) is 51.1 Å². The van der Waals surface area contributed by atoms with E-state index in [1.165, 1.54) is 5.56 Å². The summed E-state index contributed by atoms with van der Waals surface area (Å²) in [6.07, 6.45) is 9.29. The molecule has 2 aromatic rings. The summed E-state index contributed by atoms with van der Waals surface area (Å²) in [7, 11) is 2.02. The molecule has 1 aromatic heterocycles. The van der Waals surface area contributed by atoms with Gasteiger partial charge in [0.1, 0.15) is 6.07 Å². The second kappa shape index (κ2) is 8.38. The number of nitrogens with zero attached hydrogens (tertiary/aromatic N) is 6. The molecular weight excluding hydrogens is 426 g/mol. The molecule has 2 saturated carbocycles. The fraction of sp³-hybridized carbons (Fsp3) is 0.500. The van der Waals surface area contributed by atoms with E-state index in [1.807, 2.05) is 24.1 Å². The number of benzene rings is 1. The predicted octanol–water partition coefficient (Wildman–Crippen LogP) is 3.71. The van der Waals surface area contributed by atoms with Gasteiger partial charge >= 0.3 is 6.03 Å². The Morgan fingerprint density at radius 3 is 2.24 bits per heavy atom.